The van der Waals surface area contributed by atoms with Crippen molar-refractivity contribution in [3.8, 4) is 0 Å². The van der Waals surface area contributed by atoms with Crippen LogP contribution >= 0.6 is 0 Å². The van der Waals surface area contributed by atoms with Gasteiger partial charge in [0, 0.05) is 6.04 Å². The average molecular weight is 239 g/mol. The van der Waals surface area contributed by atoms with E-state index in [-0.39, 0.29) is 0 Å². The lowest BCUT2D eigenvalue weighted by Crippen LogP contribution is -2.29. The molecule has 0 radical (unpaired) electrons. The highest BCUT2D eigenvalue weighted by Crippen LogP contribution is 2.12. The first kappa shape index (κ1) is 16.7. The number of rotatable bonds is 12. The van der Waals surface area contributed by atoms with Crippen LogP contribution in [0.15, 0.2) is 12.2 Å². The van der Waals surface area contributed by atoms with E-state index < -0.39 is 0 Å². The summed E-state index contributed by atoms with van der Waals surface area (Å²) in [7, 11) is 0. The van der Waals surface area contributed by atoms with Gasteiger partial charge in [-0.05, 0) is 39.2 Å². The van der Waals surface area contributed by atoms with Gasteiger partial charge in [0.25, 0.3) is 0 Å². The minimum Gasteiger partial charge on any atom is -0.314 e. The van der Waals surface area contributed by atoms with Gasteiger partial charge in [-0.3, -0.25) is 0 Å². The summed E-state index contributed by atoms with van der Waals surface area (Å²) in [5, 5.41) is 3.67. The van der Waals surface area contributed by atoms with Crippen LogP contribution in [0.4, 0.5) is 0 Å². The Morgan fingerprint density at radius 2 is 1.71 bits per heavy atom. The number of nitrogens with one attached hydrogen (secondary N) is 1. The molecule has 0 aromatic carbocycles. The molecule has 0 aliphatic carbocycles. The van der Waals surface area contributed by atoms with E-state index in [1.807, 2.05) is 0 Å². The summed E-state index contributed by atoms with van der Waals surface area (Å²) < 4.78 is 0. The maximum absolute atomic E-state index is 4.00. The normalized spacial score (nSPS) is 12.6. The lowest BCUT2D eigenvalue weighted by atomic mass is 10.0. The van der Waals surface area contributed by atoms with Crippen LogP contribution in [0.2, 0.25) is 0 Å². The maximum atomic E-state index is 4.00. The quantitative estimate of drug-likeness (QED) is 0.370. The predicted octanol–water partition coefficient (Wildman–Crippen LogP) is 5.07. The van der Waals surface area contributed by atoms with Gasteiger partial charge in [-0.15, -0.1) is 6.58 Å². The zero-order valence-corrected chi connectivity index (χ0v) is 12.4. The third-order valence-corrected chi connectivity index (χ3v) is 3.26. The van der Waals surface area contributed by atoms with Crippen LogP contribution in [-0.4, -0.2) is 12.6 Å². The lowest BCUT2D eigenvalue weighted by Gasteiger charge is -2.18. The molecular formula is C16H33N. The molecule has 0 saturated heterocycles. The fourth-order valence-corrected chi connectivity index (χ4v) is 2.11. The molecule has 0 saturated carbocycles. The maximum Gasteiger partial charge on any atom is 0.00701 e. The van der Waals surface area contributed by atoms with Crippen molar-refractivity contribution >= 4 is 0 Å². The third kappa shape index (κ3) is 12.0. The Hall–Kier alpha value is -0.300. The van der Waals surface area contributed by atoms with E-state index in [0.717, 1.165) is 6.54 Å². The van der Waals surface area contributed by atoms with Crippen molar-refractivity contribution in [1.82, 2.24) is 5.32 Å². The molecule has 0 aromatic heterocycles. The largest absolute Gasteiger partial charge is 0.314 e. The van der Waals surface area contributed by atoms with Crippen LogP contribution in [-0.2, 0) is 0 Å². The fraction of sp³-hybridized carbons (Fsp3) is 0.875. The molecule has 1 atom stereocenters. The molecule has 0 spiro atoms. The molecule has 0 fully saturated rings. The van der Waals surface area contributed by atoms with Gasteiger partial charge in [0.1, 0.15) is 0 Å². The minimum absolute atomic E-state index is 0.716. The van der Waals surface area contributed by atoms with Crippen LogP contribution in [0.3, 0.4) is 0 Å². The van der Waals surface area contributed by atoms with E-state index >= 15 is 0 Å². The van der Waals surface area contributed by atoms with E-state index in [0.29, 0.717) is 6.04 Å². The second kappa shape index (κ2) is 12.2. The predicted molar refractivity (Wildman–Crippen MR) is 79.5 cm³/mol. The summed E-state index contributed by atoms with van der Waals surface area (Å²) in [6.07, 6.45) is 12.0. The van der Waals surface area contributed by atoms with Gasteiger partial charge >= 0.3 is 0 Å². The molecule has 17 heavy (non-hydrogen) atoms. The number of hydrogen-bond acceptors (Lipinski definition) is 1. The number of allylic oxidation sites excluding steroid dienone is 1. The SMILES string of the molecule is C=C(C)CCC(CCCCCCC)NCCC. The second-order valence-corrected chi connectivity index (χ2v) is 5.35. The molecule has 0 heterocycles. The Bertz CT molecular complexity index is 174. The van der Waals surface area contributed by atoms with Crippen LogP contribution < -0.4 is 5.32 Å². The van der Waals surface area contributed by atoms with Crippen molar-refractivity contribution in [3.05, 3.63) is 12.2 Å². The van der Waals surface area contributed by atoms with Crippen molar-refractivity contribution in [3.63, 3.8) is 0 Å². The Labute approximate surface area is 109 Å². The minimum atomic E-state index is 0.716. The molecule has 1 nitrogen and oxygen atoms in total. The van der Waals surface area contributed by atoms with Gasteiger partial charge in [-0.2, -0.15) is 0 Å². The topological polar surface area (TPSA) is 12.0 Å². The van der Waals surface area contributed by atoms with Gasteiger partial charge in [-0.25, -0.2) is 0 Å². The lowest BCUT2D eigenvalue weighted by molar-refractivity contribution is 0.431. The smallest absolute Gasteiger partial charge is 0.00701 e. The highest BCUT2D eigenvalue weighted by atomic mass is 14.9. The highest BCUT2D eigenvalue weighted by molar-refractivity contribution is 4.89. The van der Waals surface area contributed by atoms with E-state index in [1.54, 1.807) is 0 Å². The number of unbranched alkanes of at least 4 members (excludes halogenated alkanes) is 4. The zero-order valence-electron chi connectivity index (χ0n) is 12.4. The van der Waals surface area contributed by atoms with Gasteiger partial charge in [0.15, 0.2) is 0 Å². The van der Waals surface area contributed by atoms with Crippen LogP contribution in [0.5, 0.6) is 0 Å². The van der Waals surface area contributed by atoms with E-state index in [4.69, 9.17) is 0 Å². The molecule has 0 rings (SSSR count). The van der Waals surface area contributed by atoms with E-state index in [9.17, 15) is 0 Å². The standard InChI is InChI=1S/C16H33N/c1-5-7-8-9-10-11-16(17-14-6-2)13-12-15(3)4/h16-17H,3,5-14H2,1-2,4H3. The summed E-state index contributed by atoms with van der Waals surface area (Å²) in [5.74, 6) is 0. The van der Waals surface area contributed by atoms with Crippen molar-refractivity contribution in [2.24, 2.45) is 0 Å². The van der Waals surface area contributed by atoms with Crippen molar-refractivity contribution in [1.29, 1.82) is 0 Å². The summed E-state index contributed by atoms with van der Waals surface area (Å²) >= 11 is 0. The van der Waals surface area contributed by atoms with Crippen LogP contribution in [0, 0.1) is 0 Å². The van der Waals surface area contributed by atoms with Crippen molar-refractivity contribution in [2.45, 2.75) is 84.6 Å². The molecule has 0 aliphatic rings. The Balaban J connectivity index is 3.64. The summed E-state index contributed by atoms with van der Waals surface area (Å²) in [4.78, 5) is 0. The third-order valence-electron chi connectivity index (χ3n) is 3.26. The van der Waals surface area contributed by atoms with Crippen LogP contribution in [0.25, 0.3) is 0 Å². The molecule has 0 amide bonds. The van der Waals surface area contributed by atoms with Crippen molar-refractivity contribution in [2.75, 3.05) is 6.54 Å². The summed E-state index contributed by atoms with van der Waals surface area (Å²) in [6, 6.07) is 0.716. The van der Waals surface area contributed by atoms with Crippen LogP contribution in [0.1, 0.15) is 78.6 Å². The van der Waals surface area contributed by atoms with Crippen molar-refractivity contribution < 1.29 is 0 Å². The zero-order chi connectivity index (χ0) is 12.9. The molecule has 0 bridgehead atoms. The molecule has 0 aromatic rings. The molecule has 1 unspecified atom stereocenters. The highest BCUT2D eigenvalue weighted by Gasteiger charge is 2.07. The summed E-state index contributed by atoms with van der Waals surface area (Å²) in [6.45, 7) is 11.8. The molecule has 102 valence electrons. The van der Waals surface area contributed by atoms with Gasteiger partial charge < -0.3 is 5.32 Å². The van der Waals surface area contributed by atoms with Gasteiger partial charge in [0.2, 0.25) is 0 Å². The Morgan fingerprint density at radius 3 is 2.29 bits per heavy atom. The second-order valence-electron chi connectivity index (χ2n) is 5.35. The molecule has 1 heteroatoms. The summed E-state index contributed by atoms with van der Waals surface area (Å²) in [5.41, 5.74) is 1.32. The van der Waals surface area contributed by atoms with Gasteiger partial charge in [-0.1, -0.05) is 51.5 Å². The monoisotopic (exact) mass is 239 g/mol. The first-order chi connectivity index (χ1) is 8.20. The Kier molecular flexibility index (Phi) is 12.0. The molecular weight excluding hydrogens is 206 g/mol. The fourth-order valence-electron chi connectivity index (χ4n) is 2.11. The first-order valence-electron chi connectivity index (χ1n) is 7.58. The first-order valence-corrected chi connectivity index (χ1v) is 7.58. The average Bonchev–Trinajstić information content (AvgIpc) is 2.31. The molecule has 0 aliphatic heterocycles. The van der Waals surface area contributed by atoms with E-state index in [1.165, 1.54) is 63.4 Å². The molecule has 1 N–H and O–H groups in total. The van der Waals surface area contributed by atoms with E-state index in [2.05, 4.69) is 32.7 Å². The van der Waals surface area contributed by atoms with Gasteiger partial charge in [0.05, 0.1) is 0 Å². The Morgan fingerprint density at radius 1 is 1.00 bits per heavy atom. The number of hydrogen-bond donors (Lipinski definition) is 1.